The van der Waals surface area contributed by atoms with Crippen molar-refractivity contribution in [2.24, 2.45) is 18.8 Å². The Balaban J connectivity index is 2.15. The Morgan fingerprint density at radius 1 is 1.65 bits per heavy atom. The molecular weight excluding hydrogens is 254 g/mol. The molecule has 20 heavy (non-hydrogen) atoms. The Labute approximate surface area is 121 Å². The quantitative estimate of drug-likeness (QED) is 0.604. The molecule has 6 heteroatoms. The Morgan fingerprint density at radius 2 is 2.45 bits per heavy atom. The third-order valence-electron chi connectivity index (χ3n) is 4.32. The molecule has 114 valence electrons. The van der Waals surface area contributed by atoms with E-state index in [1.807, 2.05) is 13.2 Å². The highest BCUT2D eigenvalue weighted by Crippen LogP contribution is 2.38. The van der Waals surface area contributed by atoms with Crippen LogP contribution in [0.5, 0.6) is 0 Å². The zero-order chi connectivity index (χ0) is 14.6. The monoisotopic (exact) mass is 281 g/mol. The van der Waals surface area contributed by atoms with E-state index in [0.29, 0.717) is 12.5 Å². The predicted molar refractivity (Wildman–Crippen MR) is 77.8 cm³/mol. The van der Waals surface area contributed by atoms with Gasteiger partial charge in [-0.3, -0.25) is 16.0 Å². The zero-order valence-corrected chi connectivity index (χ0v) is 12.8. The van der Waals surface area contributed by atoms with E-state index >= 15 is 0 Å². The van der Waals surface area contributed by atoms with Crippen LogP contribution in [0.25, 0.3) is 0 Å². The molecule has 0 aromatic carbocycles. The molecule has 1 saturated carbocycles. The van der Waals surface area contributed by atoms with Gasteiger partial charge in [-0.05, 0) is 25.7 Å². The van der Waals surface area contributed by atoms with Crippen molar-refractivity contribution in [1.29, 1.82) is 0 Å². The molecule has 0 bridgehead atoms. The number of aromatic nitrogens is 3. The van der Waals surface area contributed by atoms with Crippen LogP contribution in [0.2, 0.25) is 0 Å². The third kappa shape index (κ3) is 3.37. The molecule has 3 atom stereocenters. The Bertz CT molecular complexity index is 417. The van der Waals surface area contributed by atoms with Gasteiger partial charge in [0, 0.05) is 26.3 Å². The summed E-state index contributed by atoms with van der Waals surface area (Å²) in [5.41, 5.74) is 3.74. The maximum atomic E-state index is 6.18. The van der Waals surface area contributed by atoms with Gasteiger partial charge in [-0.15, -0.1) is 5.10 Å². The number of aryl methyl sites for hydroxylation is 1. The topological polar surface area (TPSA) is 78.0 Å². The smallest absolute Gasteiger partial charge is 0.0854 e. The van der Waals surface area contributed by atoms with Crippen molar-refractivity contribution >= 4 is 0 Å². The summed E-state index contributed by atoms with van der Waals surface area (Å²) >= 11 is 0. The van der Waals surface area contributed by atoms with Crippen LogP contribution in [0.3, 0.4) is 0 Å². The number of hydrogen-bond acceptors (Lipinski definition) is 5. The summed E-state index contributed by atoms with van der Waals surface area (Å²) in [6.07, 6.45) is 7.26. The van der Waals surface area contributed by atoms with Gasteiger partial charge in [0.05, 0.1) is 17.3 Å². The van der Waals surface area contributed by atoms with Gasteiger partial charge in [0.15, 0.2) is 0 Å². The first-order valence-corrected chi connectivity index (χ1v) is 7.55. The molecule has 0 radical (unpaired) electrons. The van der Waals surface area contributed by atoms with Gasteiger partial charge in [-0.1, -0.05) is 25.0 Å². The summed E-state index contributed by atoms with van der Waals surface area (Å²) in [5.74, 6) is 6.51. The Hall–Kier alpha value is -0.980. The van der Waals surface area contributed by atoms with Crippen molar-refractivity contribution in [3.8, 4) is 0 Å². The van der Waals surface area contributed by atoms with E-state index in [1.165, 1.54) is 12.8 Å². The fourth-order valence-corrected chi connectivity index (χ4v) is 3.47. The van der Waals surface area contributed by atoms with Crippen molar-refractivity contribution < 1.29 is 4.74 Å². The molecule has 6 nitrogen and oxygen atoms in total. The van der Waals surface area contributed by atoms with Crippen LogP contribution in [-0.4, -0.2) is 33.2 Å². The molecule has 3 N–H and O–H groups in total. The Kier molecular flexibility index (Phi) is 5.12. The van der Waals surface area contributed by atoms with Gasteiger partial charge >= 0.3 is 0 Å². The molecule has 1 fully saturated rings. The molecule has 1 aliphatic carbocycles. The first kappa shape index (κ1) is 15.4. The molecule has 0 amide bonds. The van der Waals surface area contributed by atoms with E-state index in [9.17, 15) is 0 Å². The molecule has 0 aliphatic heterocycles. The number of hydrogen-bond donors (Lipinski definition) is 2. The second-order valence-electron chi connectivity index (χ2n) is 6.01. The van der Waals surface area contributed by atoms with Crippen LogP contribution in [-0.2, 0) is 18.2 Å². The van der Waals surface area contributed by atoms with E-state index in [0.717, 1.165) is 25.0 Å². The number of hydrazine groups is 1. The highest BCUT2D eigenvalue weighted by Gasteiger charge is 2.42. The molecule has 3 unspecified atom stereocenters. The first-order valence-electron chi connectivity index (χ1n) is 7.55. The number of nitrogens with zero attached hydrogens (tertiary/aromatic N) is 3. The lowest BCUT2D eigenvalue weighted by molar-refractivity contribution is -0.100. The van der Waals surface area contributed by atoms with Gasteiger partial charge in [-0.25, -0.2) is 0 Å². The second-order valence-corrected chi connectivity index (χ2v) is 6.01. The number of nitrogens with two attached hydrogens (primary N) is 1. The molecule has 1 aromatic rings. The first-order chi connectivity index (χ1) is 9.59. The van der Waals surface area contributed by atoms with Gasteiger partial charge in [0.1, 0.15) is 0 Å². The average molecular weight is 281 g/mol. The van der Waals surface area contributed by atoms with Crippen molar-refractivity contribution in [2.75, 3.05) is 6.61 Å². The van der Waals surface area contributed by atoms with E-state index in [1.54, 1.807) is 4.68 Å². The molecule has 0 saturated heterocycles. The van der Waals surface area contributed by atoms with Gasteiger partial charge in [0.2, 0.25) is 0 Å². The van der Waals surface area contributed by atoms with Crippen molar-refractivity contribution in [3.05, 3.63) is 11.9 Å². The molecule has 0 spiro atoms. The van der Waals surface area contributed by atoms with Crippen LogP contribution in [0.4, 0.5) is 0 Å². The molecular formula is C14H27N5O. The normalized spacial score (nSPS) is 28.5. The van der Waals surface area contributed by atoms with E-state index in [4.69, 9.17) is 10.6 Å². The van der Waals surface area contributed by atoms with Crippen LogP contribution >= 0.6 is 0 Å². The lowest BCUT2D eigenvalue weighted by Crippen LogP contribution is -2.58. The molecule has 1 aromatic heterocycles. The SMILES string of the molecule is CCOC1(C(Cc2cn(C)nn2)NN)CCCC(C)C1. The number of rotatable bonds is 6. The zero-order valence-electron chi connectivity index (χ0n) is 12.8. The summed E-state index contributed by atoms with van der Waals surface area (Å²) in [5, 5.41) is 8.16. The molecule has 1 aliphatic rings. The number of ether oxygens (including phenoxy) is 1. The third-order valence-corrected chi connectivity index (χ3v) is 4.32. The van der Waals surface area contributed by atoms with Crippen LogP contribution < -0.4 is 11.3 Å². The minimum absolute atomic E-state index is 0.0712. The van der Waals surface area contributed by atoms with E-state index in [-0.39, 0.29) is 11.6 Å². The largest absolute Gasteiger partial charge is 0.374 e. The standard InChI is InChI=1S/C14H27N5O/c1-4-20-14(7-5-6-11(2)9-14)13(16-15)8-12-10-19(3)18-17-12/h10-11,13,16H,4-9,15H2,1-3H3. The summed E-state index contributed by atoms with van der Waals surface area (Å²) in [6, 6.07) is 0.0712. The molecule has 1 heterocycles. The fourth-order valence-electron chi connectivity index (χ4n) is 3.47. The summed E-state index contributed by atoms with van der Waals surface area (Å²) in [4.78, 5) is 0. The minimum Gasteiger partial charge on any atom is -0.374 e. The van der Waals surface area contributed by atoms with Gasteiger partial charge in [-0.2, -0.15) is 0 Å². The number of nitrogens with one attached hydrogen (secondary N) is 1. The predicted octanol–water partition coefficient (Wildman–Crippen LogP) is 1.17. The van der Waals surface area contributed by atoms with Gasteiger partial charge < -0.3 is 4.74 Å². The second kappa shape index (κ2) is 6.65. The summed E-state index contributed by atoms with van der Waals surface area (Å²) in [6.45, 7) is 5.06. The highest BCUT2D eigenvalue weighted by atomic mass is 16.5. The maximum Gasteiger partial charge on any atom is 0.0854 e. The van der Waals surface area contributed by atoms with Crippen molar-refractivity contribution in [1.82, 2.24) is 20.4 Å². The maximum absolute atomic E-state index is 6.18. The molecule has 2 rings (SSSR count). The van der Waals surface area contributed by atoms with Crippen molar-refractivity contribution in [2.45, 2.75) is 57.6 Å². The summed E-state index contributed by atoms with van der Waals surface area (Å²) in [7, 11) is 1.88. The van der Waals surface area contributed by atoms with Crippen LogP contribution in [0, 0.1) is 5.92 Å². The minimum atomic E-state index is -0.182. The average Bonchev–Trinajstić information content (AvgIpc) is 2.82. The van der Waals surface area contributed by atoms with Crippen LogP contribution in [0.1, 0.15) is 45.2 Å². The van der Waals surface area contributed by atoms with Crippen LogP contribution in [0.15, 0.2) is 6.20 Å². The van der Waals surface area contributed by atoms with E-state index < -0.39 is 0 Å². The lowest BCUT2D eigenvalue weighted by Gasteiger charge is -2.45. The Morgan fingerprint density at radius 3 is 3.00 bits per heavy atom. The van der Waals surface area contributed by atoms with E-state index in [2.05, 4.69) is 29.6 Å². The summed E-state index contributed by atoms with van der Waals surface area (Å²) < 4.78 is 7.90. The fraction of sp³-hybridized carbons (Fsp3) is 0.857. The highest BCUT2D eigenvalue weighted by molar-refractivity contribution is 5.04. The van der Waals surface area contributed by atoms with Crippen molar-refractivity contribution in [3.63, 3.8) is 0 Å². The van der Waals surface area contributed by atoms with Gasteiger partial charge in [0.25, 0.3) is 0 Å². The lowest BCUT2D eigenvalue weighted by atomic mass is 9.73.